The Morgan fingerprint density at radius 3 is 2.65 bits per heavy atom. The summed E-state index contributed by atoms with van der Waals surface area (Å²) in [4.78, 5) is 0. The highest BCUT2D eigenvalue weighted by Crippen LogP contribution is 2.25. The minimum atomic E-state index is -2.46. The summed E-state index contributed by atoms with van der Waals surface area (Å²) in [6.45, 7) is 1.23. The molecule has 1 rings (SSSR count). The van der Waals surface area contributed by atoms with Crippen LogP contribution in [0.2, 0.25) is 0 Å². The van der Waals surface area contributed by atoms with Crippen LogP contribution in [0.25, 0.3) is 0 Å². The first-order chi connectivity index (χ1) is 8.00. The Morgan fingerprint density at radius 1 is 1.35 bits per heavy atom. The van der Waals surface area contributed by atoms with E-state index in [1.807, 2.05) is 0 Å². The number of rotatable bonds is 6. The van der Waals surface area contributed by atoms with E-state index in [4.69, 9.17) is 16.3 Å². The van der Waals surface area contributed by atoms with Crippen LogP contribution in [0.3, 0.4) is 0 Å². The van der Waals surface area contributed by atoms with E-state index in [2.05, 4.69) is 0 Å². The highest BCUT2D eigenvalue weighted by atomic mass is 35.5. The first-order valence-corrected chi connectivity index (χ1v) is 5.70. The third-order valence-electron chi connectivity index (χ3n) is 2.30. The van der Waals surface area contributed by atoms with Gasteiger partial charge in [0.1, 0.15) is 12.4 Å². The van der Waals surface area contributed by atoms with Crippen LogP contribution in [-0.4, -0.2) is 19.6 Å². The molecule has 0 saturated carbocycles. The summed E-state index contributed by atoms with van der Waals surface area (Å²) in [6.07, 6.45) is -2.05. The molecule has 17 heavy (non-hydrogen) atoms. The highest BCUT2D eigenvalue weighted by Gasteiger charge is 2.10. The zero-order valence-electron chi connectivity index (χ0n) is 9.43. The monoisotopic (exact) mass is 266 g/mol. The van der Waals surface area contributed by atoms with Crippen LogP contribution in [0.4, 0.5) is 13.2 Å². The second kappa shape index (κ2) is 6.87. The number of halogens is 4. The van der Waals surface area contributed by atoms with Crippen molar-refractivity contribution in [1.82, 2.24) is 0 Å². The normalized spacial score (nSPS) is 13.1. The van der Waals surface area contributed by atoms with Crippen LogP contribution in [0, 0.1) is 12.7 Å². The molecule has 96 valence electrons. The van der Waals surface area contributed by atoms with Crippen LogP contribution in [0.1, 0.15) is 22.9 Å². The number of hydrogen-bond acceptors (Lipinski definition) is 1. The fraction of sp³-hybridized carbons (Fsp3) is 0.500. The maximum atomic E-state index is 13.0. The largest absolute Gasteiger partial charge is 0.375 e. The molecule has 1 unspecified atom stereocenters. The van der Waals surface area contributed by atoms with Crippen molar-refractivity contribution in [2.24, 2.45) is 0 Å². The predicted octanol–water partition coefficient (Wildman–Crippen LogP) is 4.09. The molecule has 0 radical (unpaired) electrons. The summed E-state index contributed by atoms with van der Waals surface area (Å²) in [5.74, 6) is -0.286. The summed E-state index contributed by atoms with van der Waals surface area (Å²) in [5, 5.41) is -0.355. The molecule has 0 aliphatic carbocycles. The fourth-order valence-electron chi connectivity index (χ4n) is 1.39. The van der Waals surface area contributed by atoms with Gasteiger partial charge in [-0.05, 0) is 30.5 Å². The van der Waals surface area contributed by atoms with Crippen molar-refractivity contribution in [3.63, 3.8) is 0 Å². The van der Waals surface area contributed by atoms with E-state index in [1.165, 1.54) is 6.07 Å². The zero-order valence-corrected chi connectivity index (χ0v) is 10.2. The topological polar surface area (TPSA) is 9.23 Å². The molecule has 0 aliphatic rings. The minimum Gasteiger partial charge on any atom is -0.375 e. The number of benzene rings is 1. The molecular formula is C12H14ClF3O. The fourth-order valence-corrected chi connectivity index (χ4v) is 1.61. The number of ether oxygens (including phenoxy) is 1. The summed E-state index contributed by atoms with van der Waals surface area (Å²) in [7, 11) is 0. The van der Waals surface area contributed by atoms with Gasteiger partial charge < -0.3 is 4.74 Å². The van der Waals surface area contributed by atoms with Crippen molar-refractivity contribution in [3.8, 4) is 0 Å². The van der Waals surface area contributed by atoms with E-state index in [-0.39, 0.29) is 17.8 Å². The first-order valence-electron chi connectivity index (χ1n) is 5.26. The quantitative estimate of drug-likeness (QED) is 0.557. The van der Waals surface area contributed by atoms with Gasteiger partial charge >= 0.3 is 0 Å². The van der Waals surface area contributed by atoms with Crippen molar-refractivity contribution in [3.05, 3.63) is 35.1 Å². The highest BCUT2D eigenvalue weighted by molar-refractivity contribution is 6.20. The van der Waals surface area contributed by atoms with E-state index in [1.54, 1.807) is 19.1 Å². The zero-order chi connectivity index (χ0) is 12.8. The van der Waals surface area contributed by atoms with Gasteiger partial charge in [-0.25, -0.2) is 13.2 Å². The maximum Gasteiger partial charge on any atom is 0.261 e. The lowest BCUT2D eigenvalue weighted by Gasteiger charge is -2.11. The van der Waals surface area contributed by atoms with E-state index >= 15 is 0 Å². The Hall–Kier alpha value is -0.740. The van der Waals surface area contributed by atoms with Crippen LogP contribution >= 0.6 is 11.6 Å². The lowest BCUT2D eigenvalue weighted by molar-refractivity contribution is 0.0165. The van der Waals surface area contributed by atoms with Gasteiger partial charge in [0.2, 0.25) is 0 Å². The average Bonchev–Trinajstić information content (AvgIpc) is 2.27. The smallest absolute Gasteiger partial charge is 0.261 e. The summed E-state index contributed by atoms with van der Waals surface area (Å²) in [5.41, 5.74) is 1.29. The molecule has 1 nitrogen and oxygen atoms in total. The summed E-state index contributed by atoms with van der Waals surface area (Å²) in [6, 6.07) is 4.59. The Bertz CT molecular complexity index is 358. The second-order valence-corrected chi connectivity index (χ2v) is 4.26. The maximum absolute atomic E-state index is 13.0. The molecule has 1 aromatic carbocycles. The van der Waals surface area contributed by atoms with Crippen LogP contribution < -0.4 is 0 Å². The standard InChI is InChI=1S/C12H14ClF3O/c1-8-6-9(2-3-11(8)14)10(13)4-5-17-7-12(15)16/h2-3,6,10,12H,4-5,7H2,1H3. The molecule has 0 heterocycles. The molecule has 0 fully saturated rings. The van der Waals surface area contributed by atoms with E-state index < -0.39 is 13.0 Å². The second-order valence-electron chi connectivity index (χ2n) is 3.73. The number of hydrogen-bond donors (Lipinski definition) is 0. The molecular weight excluding hydrogens is 253 g/mol. The van der Waals surface area contributed by atoms with Crippen molar-refractivity contribution < 1.29 is 17.9 Å². The van der Waals surface area contributed by atoms with Gasteiger partial charge in [0, 0.05) is 6.61 Å². The van der Waals surface area contributed by atoms with Gasteiger partial charge in [0.25, 0.3) is 6.43 Å². The first kappa shape index (κ1) is 14.3. The molecule has 0 saturated heterocycles. The molecule has 1 aromatic rings. The molecule has 0 aliphatic heterocycles. The predicted molar refractivity (Wildman–Crippen MR) is 61.2 cm³/mol. The van der Waals surface area contributed by atoms with Crippen molar-refractivity contribution >= 4 is 11.6 Å². The third kappa shape index (κ3) is 4.96. The SMILES string of the molecule is Cc1cc(C(Cl)CCOCC(F)F)ccc1F. The van der Waals surface area contributed by atoms with Gasteiger partial charge in [-0.15, -0.1) is 11.6 Å². The van der Waals surface area contributed by atoms with Crippen LogP contribution in [0.15, 0.2) is 18.2 Å². The van der Waals surface area contributed by atoms with Gasteiger partial charge in [-0.3, -0.25) is 0 Å². The van der Waals surface area contributed by atoms with Gasteiger partial charge in [-0.1, -0.05) is 12.1 Å². The molecule has 0 spiro atoms. The van der Waals surface area contributed by atoms with E-state index in [0.29, 0.717) is 12.0 Å². The Labute approximate surface area is 104 Å². The van der Waals surface area contributed by atoms with E-state index in [0.717, 1.165) is 5.56 Å². The van der Waals surface area contributed by atoms with Crippen LogP contribution in [-0.2, 0) is 4.74 Å². The molecule has 5 heteroatoms. The van der Waals surface area contributed by atoms with Gasteiger partial charge in [-0.2, -0.15) is 0 Å². The summed E-state index contributed by atoms with van der Waals surface area (Å²) >= 11 is 6.06. The lowest BCUT2D eigenvalue weighted by Crippen LogP contribution is -2.07. The van der Waals surface area contributed by atoms with Crippen LogP contribution in [0.5, 0.6) is 0 Å². The van der Waals surface area contributed by atoms with Crippen molar-refractivity contribution in [1.29, 1.82) is 0 Å². The van der Waals surface area contributed by atoms with E-state index in [9.17, 15) is 13.2 Å². The number of aryl methyl sites for hydroxylation is 1. The Morgan fingerprint density at radius 2 is 2.06 bits per heavy atom. The average molecular weight is 267 g/mol. The van der Waals surface area contributed by atoms with Crippen molar-refractivity contribution in [2.45, 2.75) is 25.1 Å². The van der Waals surface area contributed by atoms with Crippen molar-refractivity contribution in [2.75, 3.05) is 13.2 Å². The molecule has 0 aromatic heterocycles. The summed E-state index contributed by atoms with van der Waals surface area (Å²) < 4.78 is 41.3. The Kier molecular flexibility index (Phi) is 5.78. The van der Waals surface area contributed by atoms with Gasteiger partial charge in [0.15, 0.2) is 0 Å². The molecule has 0 amide bonds. The molecule has 0 N–H and O–H groups in total. The minimum absolute atomic E-state index is 0.162. The molecule has 0 bridgehead atoms. The Balaban J connectivity index is 2.41. The lowest BCUT2D eigenvalue weighted by atomic mass is 10.1. The molecule has 1 atom stereocenters. The van der Waals surface area contributed by atoms with Gasteiger partial charge in [0.05, 0.1) is 5.38 Å². The number of alkyl halides is 3. The third-order valence-corrected chi connectivity index (χ3v) is 2.77.